The zero-order valence-corrected chi connectivity index (χ0v) is 18.4. The van der Waals surface area contributed by atoms with E-state index in [4.69, 9.17) is 5.73 Å². The van der Waals surface area contributed by atoms with Crippen LogP contribution in [0.5, 0.6) is 0 Å². The molecule has 1 heterocycles. The van der Waals surface area contributed by atoms with E-state index in [0.29, 0.717) is 5.91 Å². The first-order chi connectivity index (χ1) is 12.6. The molecule has 0 aromatic heterocycles. The quantitative estimate of drug-likeness (QED) is 0.682. The number of rotatable bonds is 1. The number of hydrogen-bond donors (Lipinski definition) is 1. The number of hydrogen-bond acceptors (Lipinski definition) is 2. The molecule has 4 bridgehead atoms. The van der Waals surface area contributed by atoms with Crippen molar-refractivity contribution in [3.63, 3.8) is 0 Å². The highest BCUT2D eigenvalue weighted by molar-refractivity contribution is 9.10. The Morgan fingerprint density at radius 3 is 2.41 bits per heavy atom. The molecule has 4 heteroatoms. The molecule has 3 nitrogen and oxygen atoms in total. The van der Waals surface area contributed by atoms with Gasteiger partial charge in [-0.05, 0) is 79.9 Å². The van der Waals surface area contributed by atoms with Gasteiger partial charge in [-0.3, -0.25) is 4.79 Å². The topological polar surface area (TPSA) is 46.3 Å². The van der Waals surface area contributed by atoms with E-state index in [-0.39, 0.29) is 27.8 Å². The zero-order chi connectivity index (χ0) is 19.2. The number of nitrogens with zero attached hydrogens (tertiary/aromatic N) is 1. The lowest BCUT2D eigenvalue weighted by molar-refractivity contribution is -0.186. The normalized spacial score (nSPS) is 45.1. The van der Waals surface area contributed by atoms with Crippen molar-refractivity contribution in [3.05, 3.63) is 33.8 Å². The van der Waals surface area contributed by atoms with Crippen LogP contribution < -0.4 is 5.73 Å². The van der Waals surface area contributed by atoms with Gasteiger partial charge in [0.25, 0.3) is 0 Å². The summed E-state index contributed by atoms with van der Waals surface area (Å²) in [4.78, 5) is 16.2. The first-order valence-electron chi connectivity index (χ1n) is 10.4. The summed E-state index contributed by atoms with van der Waals surface area (Å²) in [5.74, 6) is 0.381. The molecule has 1 aromatic carbocycles. The van der Waals surface area contributed by atoms with Crippen LogP contribution in [0.15, 0.2) is 22.7 Å². The van der Waals surface area contributed by atoms with Crippen LogP contribution in [0.3, 0.4) is 0 Å². The monoisotopic (exact) mass is 430 g/mol. The van der Waals surface area contributed by atoms with Crippen LogP contribution in [0.2, 0.25) is 0 Å². The van der Waals surface area contributed by atoms with Crippen molar-refractivity contribution in [1.82, 2.24) is 4.90 Å². The Bertz CT molecular complexity index is 780. The SMILES string of the molecule is CC1c2cccc(Br)c2CCN1C(=O)C12CC3(C)CC(C)(CC(N)(C3)C1)C2. The van der Waals surface area contributed by atoms with Crippen molar-refractivity contribution in [2.24, 2.45) is 22.0 Å². The summed E-state index contributed by atoms with van der Waals surface area (Å²) < 4.78 is 1.18. The van der Waals surface area contributed by atoms with Crippen molar-refractivity contribution in [2.45, 2.75) is 77.3 Å². The zero-order valence-electron chi connectivity index (χ0n) is 16.8. The van der Waals surface area contributed by atoms with E-state index in [2.05, 4.69) is 59.8 Å². The average molecular weight is 431 g/mol. The lowest BCUT2D eigenvalue weighted by Gasteiger charge is -2.68. The average Bonchev–Trinajstić information content (AvgIpc) is 2.51. The third-order valence-electron chi connectivity index (χ3n) is 8.02. The van der Waals surface area contributed by atoms with Crippen LogP contribution in [-0.2, 0) is 11.2 Å². The molecule has 0 radical (unpaired) electrons. The molecule has 4 aliphatic carbocycles. The van der Waals surface area contributed by atoms with Crippen LogP contribution in [0.1, 0.15) is 76.5 Å². The van der Waals surface area contributed by atoms with Gasteiger partial charge >= 0.3 is 0 Å². The number of halogens is 1. The van der Waals surface area contributed by atoms with Gasteiger partial charge in [-0.2, -0.15) is 0 Å². The number of carbonyl (C=O) groups is 1. The van der Waals surface area contributed by atoms with Gasteiger partial charge in [0.2, 0.25) is 5.91 Å². The van der Waals surface area contributed by atoms with Gasteiger partial charge in [0.1, 0.15) is 0 Å². The lowest BCUT2D eigenvalue weighted by atomic mass is 9.38. The van der Waals surface area contributed by atoms with Crippen molar-refractivity contribution < 1.29 is 4.79 Å². The summed E-state index contributed by atoms with van der Waals surface area (Å²) in [6.45, 7) is 7.80. The Labute approximate surface area is 171 Å². The lowest BCUT2D eigenvalue weighted by Crippen LogP contribution is -2.69. The van der Waals surface area contributed by atoms with Gasteiger partial charge in [-0.1, -0.05) is 41.9 Å². The van der Waals surface area contributed by atoms with Crippen molar-refractivity contribution in [2.75, 3.05) is 6.54 Å². The molecule has 3 atom stereocenters. The van der Waals surface area contributed by atoms with Crippen molar-refractivity contribution >= 4 is 21.8 Å². The maximum absolute atomic E-state index is 14.0. The second-order valence-corrected chi connectivity index (χ2v) is 11.9. The maximum atomic E-state index is 14.0. The minimum atomic E-state index is -0.245. The summed E-state index contributed by atoms with van der Waals surface area (Å²) in [6.07, 6.45) is 7.30. The highest BCUT2D eigenvalue weighted by Gasteiger charge is 2.67. The number of benzene rings is 1. The Hall–Kier alpha value is -0.870. The van der Waals surface area contributed by atoms with Gasteiger partial charge in [-0.25, -0.2) is 0 Å². The molecule has 27 heavy (non-hydrogen) atoms. The first-order valence-corrected chi connectivity index (χ1v) is 11.2. The Morgan fingerprint density at radius 2 is 1.78 bits per heavy atom. The largest absolute Gasteiger partial charge is 0.335 e. The van der Waals surface area contributed by atoms with E-state index in [1.54, 1.807) is 0 Å². The summed E-state index contributed by atoms with van der Waals surface area (Å²) in [5, 5.41) is 0. The molecule has 0 spiro atoms. The van der Waals surface area contributed by atoms with Gasteiger partial charge in [0, 0.05) is 16.6 Å². The molecule has 2 N–H and O–H groups in total. The second kappa shape index (κ2) is 5.38. The Morgan fingerprint density at radius 1 is 1.11 bits per heavy atom. The van der Waals surface area contributed by atoms with E-state index >= 15 is 0 Å². The molecule has 4 fully saturated rings. The van der Waals surface area contributed by atoms with E-state index < -0.39 is 0 Å². The summed E-state index contributed by atoms with van der Waals surface area (Å²) in [5.41, 5.74) is 9.64. The maximum Gasteiger partial charge on any atom is 0.229 e. The van der Waals surface area contributed by atoms with Crippen LogP contribution in [0.25, 0.3) is 0 Å². The standard InChI is InChI=1S/C23H31BrN2O/c1-15-16-5-4-6-18(24)17(16)7-8-26(15)19(27)22-10-20(2)9-21(3,11-22)13-23(25,12-20)14-22/h4-6,15H,7-14,25H2,1-3H3. The van der Waals surface area contributed by atoms with Crippen LogP contribution >= 0.6 is 15.9 Å². The van der Waals surface area contributed by atoms with E-state index in [1.807, 2.05) is 0 Å². The highest BCUT2D eigenvalue weighted by atomic mass is 79.9. The molecule has 1 aromatic rings. The molecule has 1 amide bonds. The fourth-order valence-corrected chi connectivity index (χ4v) is 9.00. The van der Waals surface area contributed by atoms with Gasteiger partial charge < -0.3 is 10.6 Å². The molecule has 146 valence electrons. The number of amides is 1. The summed E-state index contributed by atoms with van der Waals surface area (Å²) in [6, 6.07) is 6.54. The molecular weight excluding hydrogens is 400 g/mol. The number of carbonyl (C=O) groups excluding carboxylic acids is 1. The minimum Gasteiger partial charge on any atom is -0.335 e. The van der Waals surface area contributed by atoms with Crippen molar-refractivity contribution in [3.8, 4) is 0 Å². The smallest absolute Gasteiger partial charge is 0.229 e. The summed E-state index contributed by atoms with van der Waals surface area (Å²) >= 11 is 3.70. The first kappa shape index (κ1) is 18.2. The van der Waals surface area contributed by atoms with E-state index in [0.717, 1.165) is 45.1 Å². The van der Waals surface area contributed by atoms with E-state index in [1.165, 1.54) is 22.0 Å². The van der Waals surface area contributed by atoms with Crippen LogP contribution in [0, 0.1) is 16.2 Å². The predicted molar refractivity (Wildman–Crippen MR) is 111 cm³/mol. The van der Waals surface area contributed by atoms with Gasteiger partial charge in [-0.15, -0.1) is 0 Å². The van der Waals surface area contributed by atoms with Crippen LogP contribution in [0.4, 0.5) is 0 Å². The molecular formula is C23H31BrN2O. The third kappa shape index (κ3) is 2.58. The van der Waals surface area contributed by atoms with Gasteiger partial charge in [0.15, 0.2) is 0 Å². The number of fused-ring (bicyclic) bond motifs is 1. The molecule has 6 rings (SSSR count). The van der Waals surface area contributed by atoms with Crippen LogP contribution in [-0.4, -0.2) is 22.9 Å². The Kier molecular flexibility index (Phi) is 3.62. The molecule has 5 aliphatic rings. The molecule has 4 saturated carbocycles. The Balaban J connectivity index is 1.51. The fraction of sp³-hybridized carbons (Fsp3) is 0.696. The van der Waals surface area contributed by atoms with Gasteiger partial charge in [0.05, 0.1) is 11.5 Å². The second-order valence-electron chi connectivity index (χ2n) is 11.1. The third-order valence-corrected chi connectivity index (χ3v) is 8.76. The minimum absolute atomic E-state index is 0.140. The summed E-state index contributed by atoms with van der Waals surface area (Å²) in [7, 11) is 0. The number of nitrogens with two attached hydrogens (primary N) is 1. The van der Waals surface area contributed by atoms with E-state index in [9.17, 15) is 4.79 Å². The molecule has 1 aliphatic heterocycles. The molecule has 3 unspecified atom stereocenters. The predicted octanol–water partition coefficient (Wildman–Crippen LogP) is 4.97. The molecule has 0 saturated heterocycles. The highest BCUT2D eigenvalue weighted by Crippen LogP contribution is 2.70. The fourth-order valence-electron chi connectivity index (χ4n) is 8.42. The van der Waals surface area contributed by atoms with Crippen molar-refractivity contribution in [1.29, 1.82) is 0 Å².